The summed E-state index contributed by atoms with van der Waals surface area (Å²) in [6.45, 7) is 5.17. The molecule has 5 rings (SSSR count). The molecule has 3 heterocycles. The van der Waals surface area contributed by atoms with E-state index in [-0.39, 0.29) is 24.5 Å². The highest BCUT2D eigenvalue weighted by Gasteiger charge is 2.19. The normalized spacial score (nSPS) is 11.1. The molecule has 0 aliphatic rings. The Morgan fingerprint density at radius 1 is 1.00 bits per heavy atom. The number of benzene rings is 2. The van der Waals surface area contributed by atoms with E-state index >= 15 is 0 Å². The number of nitrogens with zero attached hydrogens (tertiary/aromatic N) is 4. The first-order valence-corrected chi connectivity index (χ1v) is 15.9. The number of hydrogen-bond acceptors (Lipinski definition) is 10. The Bertz CT molecular complexity index is 1970. The summed E-state index contributed by atoms with van der Waals surface area (Å²) in [7, 11) is 2.85. The molecular formula is C33H36N6O7S. The topological polar surface area (TPSA) is 170 Å². The Morgan fingerprint density at radius 3 is 2.53 bits per heavy atom. The van der Waals surface area contributed by atoms with Crippen LogP contribution >= 0.6 is 11.3 Å². The van der Waals surface area contributed by atoms with E-state index in [1.807, 2.05) is 30.5 Å². The van der Waals surface area contributed by atoms with Gasteiger partial charge in [0.2, 0.25) is 11.9 Å². The average Bonchev–Trinajstić information content (AvgIpc) is 3.76. The van der Waals surface area contributed by atoms with Crippen LogP contribution in [0.25, 0.3) is 21.1 Å². The van der Waals surface area contributed by atoms with Crippen LogP contribution in [0.15, 0.2) is 42.5 Å². The number of methoxy groups -OCH3 is 2. The number of anilines is 1. The van der Waals surface area contributed by atoms with E-state index < -0.39 is 11.9 Å². The van der Waals surface area contributed by atoms with Crippen molar-refractivity contribution in [2.45, 2.75) is 52.6 Å². The molecule has 47 heavy (non-hydrogen) atoms. The first-order valence-electron chi connectivity index (χ1n) is 15.1. The summed E-state index contributed by atoms with van der Waals surface area (Å²) in [5.41, 5.74) is 8.24. The number of thiophene rings is 1. The van der Waals surface area contributed by atoms with Crippen LogP contribution in [0.2, 0.25) is 0 Å². The van der Waals surface area contributed by atoms with Crippen LogP contribution in [0.5, 0.6) is 11.5 Å². The zero-order chi connectivity index (χ0) is 33.7. The third-order valence-corrected chi connectivity index (χ3v) is 8.73. The highest BCUT2D eigenvalue weighted by Crippen LogP contribution is 2.37. The highest BCUT2D eigenvalue weighted by molar-refractivity contribution is 7.20. The number of imidazole rings is 1. The molecule has 3 N–H and O–H groups in total. The third kappa shape index (κ3) is 7.43. The molecule has 0 aliphatic carbocycles. The minimum atomic E-state index is -0.566. The van der Waals surface area contributed by atoms with Gasteiger partial charge in [-0.25, -0.2) is 4.98 Å². The predicted octanol–water partition coefficient (Wildman–Crippen LogP) is 5.13. The van der Waals surface area contributed by atoms with Crippen LogP contribution in [0.4, 0.5) is 5.95 Å². The van der Waals surface area contributed by atoms with Crippen LogP contribution in [-0.2, 0) is 22.6 Å². The van der Waals surface area contributed by atoms with E-state index in [2.05, 4.69) is 20.1 Å². The number of nitrogens with one attached hydrogen (secondary N) is 1. The van der Waals surface area contributed by atoms with Crippen molar-refractivity contribution < 1.29 is 33.4 Å². The number of hydrogen-bond donors (Lipinski definition) is 2. The Kier molecular flexibility index (Phi) is 10.2. The molecule has 5 aromatic rings. The lowest BCUT2D eigenvalue weighted by atomic mass is 10.1. The molecule has 0 unspecified atom stereocenters. The predicted molar refractivity (Wildman–Crippen MR) is 178 cm³/mol. The van der Waals surface area contributed by atoms with Crippen molar-refractivity contribution in [3.63, 3.8) is 0 Å². The maximum Gasteiger partial charge on any atom is 0.305 e. The average molecular weight is 661 g/mol. The molecule has 2 aromatic carbocycles. The summed E-state index contributed by atoms with van der Waals surface area (Å²) in [5.74, 6) is -0.0183. The second-order valence-electron chi connectivity index (χ2n) is 10.8. The van der Waals surface area contributed by atoms with Gasteiger partial charge in [0.1, 0.15) is 5.69 Å². The summed E-state index contributed by atoms with van der Waals surface area (Å²) in [6.07, 6.45) is 1.45. The van der Waals surface area contributed by atoms with Gasteiger partial charge in [0, 0.05) is 35.8 Å². The van der Waals surface area contributed by atoms with Gasteiger partial charge >= 0.3 is 5.97 Å². The fourth-order valence-corrected chi connectivity index (χ4v) is 6.23. The zero-order valence-corrected chi connectivity index (χ0v) is 27.4. The number of primary amides is 1. The molecule has 0 spiro atoms. The highest BCUT2D eigenvalue weighted by atomic mass is 32.1. The number of nitrogens with two attached hydrogens (primary N) is 1. The van der Waals surface area contributed by atoms with Gasteiger partial charge in [-0.2, -0.15) is 5.10 Å². The Morgan fingerprint density at radius 2 is 1.81 bits per heavy atom. The van der Waals surface area contributed by atoms with Gasteiger partial charge in [0.25, 0.3) is 5.91 Å². The number of ketones is 1. The Balaban J connectivity index is 1.27. The number of esters is 1. The van der Waals surface area contributed by atoms with Gasteiger partial charge in [0.15, 0.2) is 17.3 Å². The molecule has 0 bridgehead atoms. The largest absolute Gasteiger partial charge is 0.493 e. The maximum atomic E-state index is 13.2. The number of carbonyl (C=O) groups is 4. The minimum absolute atomic E-state index is 0.0304. The molecule has 14 heteroatoms. The number of carbonyl (C=O) groups excluding carboxylic acids is 4. The molecule has 0 atom stereocenters. The van der Waals surface area contributed by atoms with Crippen LogP contribution in [0, 0.1) is 6.92 Å². The van der Waals surface area contributed by atoms with Crippen molar-refractivity contribution in [3.05, 3.63) is 64.3 Å². The molecule has 0 fully saturated rings. The molecular weight excluding hydrogens is 624 g/mol. The van der Waals surface area contributed by atoms with E-state index in [9.17, 15) is 19.2 Å². The fraction of sp³-hybridized carbons (Fsp3) is 0.333. The number of Topliss-reactive ketones (excluding diaryl/α,β-unsaturated/α-hetero) is 1. The first-order chi connectivity index (χ1) is 22.6. The number of unbranched alkanes of at least 4 members (excludes halogenated alkanes) is 1. The van der Waals surface area contributed by atoms with E-state index in [4.69, 9.17) is 15.2 Å². The monoisotopic (exact) mass is 660 g/mol. The van der Waals surface area contributed by atoms with Gasteiger partial charge in [-0.1, -0.05) is 0 Å². The van der Waals surface area contributed by atoms with Gasteiger partial charge in [-0.15, -0.1) is 11.3 Å². The molecule has 3 aromatic heterocycles. The van der Waals surface area contributed by atoms with Gasteiger partial charge in [-0.3, -0.25) is 29.2 Å². The number of rotatable bonds is 15. The van der Waals surface area contributed by atoms with Crippen molar-refractivity contribution in [3.8, 4) is 11.5 Å². The number of ether oxygens (including phenoxy) is 3. The zero-order valence-electron chi connectivity index (χ0n) is 26.6. The van der Waals surface area contributed by atoms with Gasteiger partial charge < -0.3 is 24.5 Å². The Labute approximate surface area is 274 Å². The van der Waals surface area contributed by atoms with Gasteiger partial charge in [-0.05, 0) is 68.5 Å². The minimum Gasteiger partial charge on any atom is -0.493 e. The quantitative estimate of drug-likeness (QED) is 0.0878. The van der Waals surface area contributed by atoms with Crippen molar-refractivity contribution in [2.24, 2.45) is 5.73 Å². The molecule has 0 aliphatic heterocycles. The second-order valence-corrected chi connectivity index (χ2v) is 11.9. The summed E-state index contributed by atoms with van der Waals surface area (Å²) in [6, 6.07) is 12.2. The molecule has 0 saturated carbocycles. The first kappa shape index (κ1) is 33.1. The van der Waals surface area contributed by atoms with Crippen molar-refractivity contribution >= 4 is 62.0 Å². The van der Waals surface area contributed by atoms with E-state index in [0.717, 1.165) is 21.3 Å². The lowest BCUT2D eigenvalue weighted by Gasteiger charge is -2.13. The second kappa shape index (κ2) is 14.5. The summed E-state index contributed by atoms with van der Waals surface area (Å²) < 4.78 is 20.7. The standard InChI is InChI=1S/C33H36N6O7S/c1-5-39-24(14-19(2)37-39)32(43)36-33-35-22-15-20(31(34)42)8-9-23(22)38(33)12-6-7-13-46-27-18-28-21(16-26(27)44-3)17-29(47-28)25(40)10-11-30(41)45-4/h8-9,14-18H,5-7,10-13H2,1-4H3,(H2,34,42)(H,35,36,43). The lowest BCUT2D eigenvalue weighted by molar-refractivity contribution is -0.140. The summed E-state index contributed by atoms with van der Waals surface area (Å²) in [4.78, 5) is 54.3. The van der Waals surface area contributed by atoms with Crippen molar-refractivity contribution in [2.75, 3.05) is 26.1 Å². The summed E-state index contributed by atoms with van der Waals surface area (Å²) in [5, 5.41) is 8.13. The fourth-order valence-electron chi connectivity index (χ4n) is 5.19. The SMILES string of the molecule is CCn1nc(C)cc1C(=O)Nc1nc2cc(C(N)=O)ccc2n1CCCCOc1cc2sc(C(=O)CCC(=O)OC)cc2cc1OC. The Hall–Kier alpha value is -5.24. The molecule has 13 nitrogen and oxygen atoms in total. The molecule has 0 radical (unpaired) electrons. The molecule has 2 amide bonds. The van der Waals surface area contributed by atoms with E-state index in [1.165, 1.54) is 18.4 Å². The number of aryl methyl sites for hydroxylation is 3. The number of fused-ring (bicyclic) bond motifs is 2. The van der Waals surface area contributed by atoms with Crippen LogP contribution in [0.1, 0.15) is 68.8 Å². The number of aromatic nitrogens is 4. The smallest absolute Gasteiger partial charge is 0.305 e. The number of amides is 2. The maximum absolute atomic E-state index is 13.2. The third-order valence-electron chi connectivity index (χ3n) is 7.59. The van der Waals surface area contributed by atoms with Crippen LogP contribution in [-0.4, -0.2) is 63.7 Å². The lowest BCUT2D eigenvalue weighted by Crippen LogP contribution is -2.20. The molecule has 246 valence electrons. The van der Waals surface area contributed by atoms with Crippen LogP contribution < -0.4 is 20.5 Å². The van der Waals surface area contributed by atoms with Crippen LogP contribution in [0.3, 0.4) is 0 Å². The van der Waals surface area contributed by atoms with E-state index in [0.29, 0.717) is 71.6 Å². The van der Waals surface area contributed by atoms with Crippen molar-refractivity contribution in [1.82, 2.24) is 19.3 Å². The van der Waals surface area contributed by atoms with E-state index in [1.54, 1.807) is 42.1 Å². The molecule has 0 saturated heterocycles. The summed E-state index contributed by atoms with van der Waals surface area (Å²) >= 11 is 1.34. The van der Waals surface area contributed by atoms with Gasteiger partial charge in [0.05, 0.1) is 48.9 Å². The van der Waals surface area contributed by atoms with Crippen molar-refractivity contribution in [1.29, 1.82) is 0 Å².